The highest BCUT2D eigenvalue weighted by molar-refractivity contribution is 5.31. The summed E-state index contributed by atoms with van der Waals surface area (Å²) in [7, 11) is 0. The van der Waals surface area contributed by atoms with E-state index in [1.165, 1.54) is 17.2 Å². The lowest BCUT2D eigenvalue weighted by atomic mass is 9.95. The van der Waals surface area contributed by atoms with Gasteiger partial charge < -0.3 is 5.32 Å². The van der Waals surface area contributed by atoms with Gasteiger partial charge in [0.15, 0.2) is 5.65 Å². The molecule has 6 nitrogen and oxygen atoms in total. The number of piperidine rings is 1. The molecule has 0 atom stereocenters. The monoisotopic (exact) mass is 247 g/mol. The first-order valence-electron chi connectivity index (χ1n) is 6.44. The molecular formula is C12H17N5O. The van der Waals surface area contributed by atoms with Crippen molar-refractivity contribution in [2.45, 2.75) is 25.8 Å². The number of aromatic nitrogens is 4. The van der Waals surface area contributed by atoms with Gasteiger partial charge in [0.25, 0.3) is 0 Å². The van der Waals surface area contributed by atoms with E-state index in [4.69, 9.17) is 0 Å². The minimum atomic E-state index is -0.0682. The van der Waals surface area contributed by atoms with E-state index < -0.39 is 0 Å². The molecule has 0 amide bonds. The van der Waals surface area contributed by atoms with Crippen LogP contribution in [-0.2, 0) is 6.54 Å². The maximum absolute atomic E-state index is 12.0. The second kappa shape index (κ2) is 4.89. The number of nitrogens with zero attached hydrogens (tertiary/aromatic N) is 4. The van der Waals surface area contributed by atoms with E-state index in [0.29, 0.717) is 18.1 Å². The fraction of sp³-hybridized carbons (Fsp3) is 0.583. The van der Waals surface area contributed by atoms with Gasteiger partial charge in [0.2, 0.25) is 0 Å². The van der Waals surface area contributed by atoms with Crippen LogP contribution >= 0.6 is 0 Å². The van der Waals surface area contributed by atoms with Crippen LogP contribution in [-0.4, -0.2) is 32.3 Å². The summed E-state index contributed by atoms with van der Waals surface area (Å²) < 4.78 is 3.09. The fourth-order valence-electron chi connectivity index (χ4n) is 2.50. The topological polar surface area (TPSA) is 64.2 Å². The molecule has 18 heavy (non-hydrogen) atoms. The van der Waals surface area contributed by atoms with Gasteiger partial charge in [-0.25, -0.2) is 13.9 Å². The highest BCUT2D eigenvalue weighted by atomic mass is 16.2. The van der Waals surface area contributed by atoms with Crippen molar-refractivity contribution in [2.75, 3.05) is 13.1 Å². The first-order chi connectivity index (χ1) is 8.84. The third-order valence-electron chi connectivity index (χ3n) is 3.60. The van der Waals surface area contributed by atoms with Crippen LogP contribution in [0.1, 0.15) is 19.3 Å². The van der Waals surface area contributed by atoms with Crippen molar-refractivity contribution in [1.29, 1.82) is 0 Å². The molecule has 0 aliphatic carbocycles. The van der Waals surface area contributed by atoms with Crippen molar-refractivity contribution in [3.8, 4) is 0 Å². The van der Waals surface area contributed by atoms with Gasteiger partial charge in [0.05, 0.1) is 6.20 Å². The van der Waals surface area contributed by atoms with Gasteiger partial charge in [-0.3, -0.25) is 4.98 Å². The summed E-state index contributed by atoms with van der Waals surface area (Å²) in [4.78, 5) is 16.0. The van der Waals surface area contributed by atoms with Gasteiger partial charge >= 0.3 is 5.69 Å². The number of fused-ring (bicyclic) bond motifs is 1. The van der Waals surface area contributed by atoms with Crippen molar-refractivity contribution in [1.82, 2.24) is 24.5 Å². The van der Waals surface area contributed by atoms with Crippen LogP contribution in [0.3, 0.4) is 0 Å². The molecule has 96 valence electrons. The predicted octanol–water partition coefficient (Wildman–Crippen LogP) is 0.281. The SMILES string of the molecule is O=c1n(CCC2CCNCC2)nc2cnccn12. The smallest absolute Gasteiger partial charge is 0.317 e. The number of nitrogens with one attached hydrogen (secondary N) is 1. The summed E-state index contributed by atoms with van der Waals surface area (Å²) in [5.74, 6) is 0.709. The van der Waals surface area contributed by atoms with Crippen LogP contribution in [0.2, 0.25) is 0 Å². The van der Waals surface area contributed by atoms with Gasteiger partial charge in [-0.2, -0.15) is 0 Å². The minimum Gasteiger partial charge on any atom is -0.317 e. The number of hydrogen-bond acceptors (Lipinski definition) is 4. The molecule has 1 N–H and O–H groups in total. The Morgan fingerprint density at radius 1 is 1.39 bits per heavy atom. The molecule has 1 aliphatic rings. The normalized spacial score (nSPS) is 17.3. The highest BCUT2D eigenvalue weighted by Gasteiger charge is 2.14. The Kier molecular flexibility index (Phi) is 3.10. The van der Waals surface area contributed by atoms with E-state index in [0.717, 1.165) is 19.5 Å². The van der Waals surface area contributed by atoms with Crippen molar-refractivity contribution < 1.29 is 0 Å². The zero-order chi connectivity index (χ0) is 12.4. The lowest BCUT2D eigenvalue weighted by Gasteiger charge is -2.21. The summed E-state index contributed by atoms with van der Waals surface area (Å²) in [5, 5.41) is 7.63. The second-order valence-electron chi connectivity index (χ2n) is 4.79. The van der Waals surface area contributed by atoms with Gasteiger partial charge in [0.1, 0.15) is 0 Å². The van der Waals surface area contributed by atoms with E-state index in [-0.39, 0.29) is 5.69 Å². The molecule has 0 bridgehead atoms. The first kappa shape index (κ1) is 11.4. The molecule has 3 heterocycles. The summed E-state index contributed by atoms with van der Waals surface area (Å²) in [6, 6.07) is 0. The zero-order valence-electron chi connectivity index (χ0n) is 10.2. The van der Waals surface area contributed by atoms with E-state index in [2.05, 4.69) is 15.4 Å². The van der Waals surface area contributed by atoms with Crippen LogP contribution < -0.4 is 11.0 Å². The van der Waals surface area contributed by atoms with E-state index >= 15 is 0 Å². The van der Waals surface area contributed by atoms with Crippen LogP contribution in [0.4, 0.5) is 0 Å². The second-order valence-corrected chi connectivity index (χ2v) is 4.79. The van der Waals surface area contributed by atoms with Crippen LogP contribution in [0, 0.1) is 5.92 Å². The van der Waals surface area contributed by atoms with Gasteiger partial charge in [-0.15, -0.1) is 5.10 Å². The Labute approximate surface area is 105 Å². The van der Waals surface area contributed by atoms with Crippen molar-refractivity contribution in [3.63, 3.8) is 0 Å². The molecule has 1 saturated heterocycles. The average molecular weight is 247 g/mol. The first-order valence-corrected chi connectivity index (χ1v) is 6.44. The van der Waals surface area contributed by atoms with E-state index in [1.54, 1.807) is 23.3 Å². The molecule has 1 fully saturated rings. The molecule has 0 unspecified atom stereocenters. The van der Waals surface area contributed by atoms with Crippen LogP contribution in [0.25, 0.3) is 5.65 Å². The maximum Gasteiger partial charge on any atom is 0.350 e. The van der Waals surface area contributed by atoms with Crippen molar-refractivity contribution in [3.05, 3.63) is 29.1 Å². The van der Waals surface area contributed by atoms with Crippen LogP contribution in [0.5, 0.6) is 0 Å². The largest absolute Gasteiger partial charge is 0.350 e. The molecule has 6 heteroatoms. The minimum absolute atomic E-state index is 0.0682. The highest BCUT2D eigenvalue weighted by Crippen LogP contribution is 2.16. The quantitative estimate of drug-likeness (QED) is 0.846. The standard InChI is InChI=1S/C12H17N5O/c18-12-16-8-6-14-9-11(16)15-17(12)7-3-10-1-4-13-5-2-10/h6,8-10,13H,1-5,7H2. The van der Waals surface area contributed by atoms with Crippen molar-refractivity contribution in [2.24, 2.45) is 5.92 Å². The molecule has 0 radical (unpaired) electrons. The molecule has 2 aromatic rings. The molecule has 2 aromatic heterocycles. The van der Waals surface area contributed by atoms with E-state index in [9.17, 15) is 4.79 Å². The summed E-state index contributed by atoms with van der Waals surface area (Å²) >= 11 is 0. The Bertz CT molecular complexity index is 581. The number of aryl methyl sites for hydroxylation is 1. The van der Waals surface area contributed by atoms with Gasteiger partial charge in [-0.1, -0.05) is 0 Å². The Morgan fingerprint density at radius 2 is 2.22 bits per heavy atom. The molecule has 0 saturated carbocycles. The third-order valence-corrected chi connectivity index (χ3v) is 3.60. The summed E-state index contributed by atoms with van der Waals surface area (Å²) in [6.07, 6.45) is 8.30. The summed E-state index contributed by atoms with van der Waals surface area (Å²) in [6.45, 7) is 2.88. The fourth-order valence-corrected chi connectivity index (χ4v) is 2.50. The lowest BCUT2D eigenvalue weighted by molar-refractivity contribution is 0.330. The Morgan fingerprint density at radius 3 is 3.00 bits per heavy atom. The molecule has 0 spiro atoms. The zero-order valence-corrected chi connectivity index (χ0v) is 10.2. The predicted molar refractivity (Wildman–Crippen MR) is 67.5 cm³/mol. The number of rotatable bonds is 3. The van der Waals surface area contributed by atoms with Gasteiger partial charge in [0, 0.05) is 18.9 Å². The molecule has 1 aliphatic heterocycles. The molecular weight excluding hydrogens is 230 g/mol. The van der Waals surface area contributed by atoms with E-state index in [1.807, 2.05) is 0 Å². The molecule has 0 aromatic carbocycles. The van der Waals surface area contributed by atoms with Crippen molar-refractivity contribution >= 4 is 5.65 Å². The van der Waals surface area contributed by atoms with Crippen LogP contribution in [0.15, 0.2) is 23.4 Å². The third kappa shape index (κ3) is 2.15. The Hall–Kier alpha value is -1.69. The number of hydrogen-bond donors (Lipinski definition) is 1. The lowest BCUT2D eigenvalue weighted by Crippen LogP contribution is -2.29. The summed E-state index contributed by atoms with van der Waals surface area (Å²) in [5.41, 5.74) is 0.550. The average Bonchev–Trinajstić information content (AvgIpc) is 2.75. The van der Waals surface area contributed by atoms with Gasteiger partial charge in [-0.05, 0) is 38.3 Å². The molecule has 3 rings (SSSR count). The maximum atomic E-state index is 12.0. The Balaban J connectivity index is 1.74.